The van der Waals surface area contributed by atoms with E-state index in [1.165, 1.54) is 4.90 Å². The minimum atomic E-state index is -0.562. The number of nitrogens with zero attached hydrogens (tertiary/aromatic N) is 3. The number of pyridine rings is 1. The molecule has 0 unspecified atom stereocenters. The maximum Gasteiger partial charge on any atom is 0.415 e. The van der Waals surface area contributed by atoms with Crippen molar-refractivity contribution in [3.8, 4) is 17.6 Å². The minimum absolute atomic E-state index is 0.449. The fraction of sp³-hybridized carbons (Fsp3) is 0.292. The number of hydrogen-bond acceptors (Lipinski definition) is 6. The zero-order valence-electron chi connectivity index (χ0n) is 18.5. The molecule has 1 aromatic carbocycles. The first kappa shape index (κ1) is 22.3. The number of benzene rings is 1. The van der Waals surface area contributed by atoms with E-state index in [9.17, 15) is 4.79 Å². The van der Waals surface area contributed by atoms with E-state index in [-0.39, 0.29) is 0 Å². The molecule has 160 valence electrons. The van der Waals surface area contributed by atoms with Gasteiger partial charge >= 0.3 is 6.09 Å². The number of amides is 1. The van der Waals surface area contributed by atoms with E-state index in [1.54, 1.807) is 37.6 Å². The lowest BCUT2D eigenvalue weighted by Crippen LogP contribution is -2.34. The van der Waals surface area contributed by atoms with Gasteiger partial charge in [-0.3, -0.25) is 4.90 Å². The van der Waals surface area contributed by atoms with Crippen LogP contribution in [0.15, 0.2) is 36.4 Å². The number of thiazole rings is 1. The number of aromatic nitrogens is 2. The van der Waals surface area contributed by atoms with Crippen molar-refractivity contribution in [2.75, 3.05) is 19.1 Å². The van der Waals surface area contributed by atoms with Crippen LogP contribution in [0.2, 0.25) is 0 Å². The molecule has 0 fully saturated rings. The highest BCUT2D eigenvalue weighted by Gasteiger charge is 2.21. The molecular weight excluding hydrogens is 410 g/mol. The van der Waals surface area contributed by atoms with Crippen molar-refractivity contribution in [2.24, 2.45) is 0 Å². The summed E-state index contributed by atoms with van der Waals surface area (Å²) in [5.41, 5.74) is 1.90. The molecule has 0 aliphatic carbocycles. The van der Waals surface area contributed by atoms with E-state index in [4.69, 9.17) is 9.47 Å². The molecule has 0 aliphatic heterocycles. The lowest BCUT2D eigenvalue weighted by molar-refractivity contribution is 0.0588. The number of hydrogen-bond donors (Lipinski definition) is 0. The summed E-state index contributed by atoms with van der Waals surface area (Å²) in [6.07, 6.45) is 3.21. The molecule has 0 N–H and O–H groups in total. The number of anilines is 1. The SMILES string of the molecule is COc1ccc2nc(/C=C/C#Cc3ccc(N(C)C(=O)OC(C)(C)C)nc3C)sc2c1. The molecule has 3 aromatic rings. The second-order valence-electron chi connectivity index (χ2n) is 7.83. The summed E-state index contributed by atoms with van der Waals surface area (Å²) in [5.74, 6) is 7.45. The Morgan fingerprint density at radius 3 is 2.65 bits per heavy atom. The van der Waals surface area contributed by atoms with Crippen molar-refractivity contribution >= 4 is 39.5 Å². The molecule has 0 spiro atoms. The van der Waals surface area contributed by atoms with Gasteiger partial charge in [-0.05, 0) is 70.2 Å². The third-order valence-electron chi connectivity index (χ3n) is 4.21. The average molecular weight is 436 g/mol. The van der Waals surface area contributed by atoms with Crippen LogP contribution in [0.1, 0.15) is 37.0 Å². The van der Waals surface area contributed by atoms with Crippen molar-refractivity contribution < 1.29 is 14.3 Å². The second kappa shape index (κ2) is 9.19. The van der Waals surface area contributed by atoms with E-state index in [1.807, 2.05) is 58.0 Å². The predicted molar refractivity (Wildman–Crippen MR) is 126 cm³/mol. The van der Waals surface area contributed by atoms with Gasteiger partial charge in [-0.25, -0.2) is 14.8 Å². The van der Waals surface area contributed by atoms with Gasteiger partial charge in [-0.1, -0.05) is 11.8 Å². The summed E-state index contributed by atoms with van der Waals surface area (Å²) in [5, 5.41) is 0.877. The Bertz CT molecular complexity index is 1200. The van der Waals surface area contributed by atoms with Crippen molar-refractivity contribution in [1.29, 1.82) is 0 Å². The number of rotatable bonds is 3. The Kier molecular flexibility index (Phi) is 6.62. The summed E-state index contributed by atoms with van der Waals surface area (Å²) < 4.78 is 11.7. The second-order valence-corrected chi connectivity index (χ2v) is 8.89. The van der Waals surface area contributed by atoms with E-state index < -0.39 is 11.7 Å². The molecule has 7 heteroatoms. The molecule has 0 radical (unpaired) electrons. The molecule has 6 nitrogen and oxygen atoms in total. The quantitative estimate of drug-likeness (QED) is 0.512. The maximum absolute atomic E-state index is 12.2. The van der Waals surface area contributed by atoms with E-state index in [0.29, 0.717) is 5.82 Å². The summed E-state index contributed by atoms with van der Waals surface area (Å²) in [6, 6.07) is 9.42. The van der Waals surface area contributed by atoms with E-state index in [0.717, 1.165) is 32.2 Å². The van der Waals surface area contributed by atoms with Gasteiger partial charge in [0.25, 0.3) is 0 Å². The topological polar surface area (TPSA) is 64.5 Å². The summed E-state index contributed by atoms with van der Waals surface area (Å²) in [6.45, 7) is 7.35. The number of allylic oxidation sites excluding steroid dienone is 1. The van der Waals surface area contributed by atoms with Gasteiger partial charge < -0.3 is 9.47 Å². The molecule has 0 bridgehead atoms. The molecule has 31 heavy (non-hydrogen) atoms. The fourth-order valence-electron chi connectivity index (χ4n) is 2.64. The molecule has 0 saturated carbocycles. The maximum atomic E-state index is 12.2. The van der Waals surface area contributed by atoms with Gasteiger partial charge in [0, 0.05) is 12.6 Å². The van der Waals surface area contributed by atoms with Gasteiger partial charge in [0.05, 0.1) is 23.0 Å². The van der Waals surface area contributed by atoms with Gasteiger partial charge in [0.2, 0.25) is 0 Å². The normalized spacial score (nSPS) is 11.3. The molecule has 2 heterocycles. The van der Waals surface area contributed by atoms with E-state index >= 15 is 0 Å². The highest BCUT2D eigenvalue weighted by atomic mass is 32.1. The molecule has 3 rings (SSSR count). The lowest BCUT2D eigenvalue weighted by Gasteiger charge is -2.24. The zero-order valence-corrected chi connectivity index (χ0v) is 19.3. The van der Waals surface area contributed by atoms with Crippen molar-refractivity contribution in [2.45, 2.75) is 33.3 Å². The van der Waals surface area contributed by atoms with Gasteiger partial charge in [-0.2, -0.15) is 0 Å². The lowest BCUT2D eigenvalue weighted by atomic mass is 10.2. The van der Waals surface area contributed by atoms with Crippen molar-refractivity contribution in [1.82, 2.24) is 9.97 Å². The van der Waals surface area contributed by atoms with E-state index in [2.05, 4.69) is 21.8 Å². The fourth-order valence-corrected chi connectivity index (χ4v) is 3.54. The van der Waals surface area contributed by atoms with Crippen LogP contribution in [0.25, 0.3) is 16.3 Å². The first-order chi connectivity index (χ1) is 14.7. The molecular formula is C24H25N3O3S. The Morgan fingerprint density at radius 1 is 1.19 bits per heavy atom. The largest absolute Gasteiger partial charge is 0.497 e. The van der Waals surface area contributed by atoms with Crippen LogP contribution < -0.4 is 9.64 Å². The third-order valence-corrected chi connectivity index (χ3v) is 5.19. The number of fused-ring (bicyclic) bond motifs is 1. The Balaban J connectivity index is 1.70. The summed E-state index contributed by atoms with van der Waals surface area (Å²) >= 11 is 1.58. The minimum Gasteiger partial charge on any atom is -0.497 e. The van der Waals surface area contributed by atoms with Crippen LogP contribution in [0.5, 0.6) is 5.75 Å². The molecule has 2 aromatic heterocycles. The number of methoxy groups -OCH3 is 1. The number of aryl methyl sites for hydroxylation is 1. The van der Waals surface area contributed by atoms with Crippen LogP contribution in [0.3, 0.4) is 0 Å². The smallest absolute Gasteiger partial charge is 0.415 e. The zero-order chi connectivity index (χ0) is 22.6. The number of carbonyl (C=O) groups is 1. The van der Waals surface area contributed by atoms with Crippen molar-refractivity contribution in [3.05, 3.63) is 52.7 Å². The Morgan fingerprint density at radius 2 is 1.97 bits per heavy atom. The van der Waals surface area contributed by atoms with Crippen molar-refractivity contribution in [3.63, 3.8) is 0 Å². The highest BCUT2D eigenvalue weighted by Crippen LogP contribution is 2.26. The van der Waals surface area contributed by atoms with Crippen LogP contribution in [0, 0.1) is 18.8 Å². The first-order valence-corrected chi connectivity index (χ1v) is 10.5. The number of ether oxygens (including phenoxy) is 2. The molecule has 1 amide bonds. The van der Waals surface area contributed by atoms with Gasteiger partial charge in [0.15, 0.2) is 0 Å². The average Bonchev–Trinajstić information content (AvgIpc) is 3.12. The Hall–Kier alpha value is -3.37. The molecule has 0 aliphatic rings. The van der Waals surface area contributed by atoms with Crippen LogP contribution >= 0.6 is 11.3 Å². The number of carbonyl (C=O) groups excluding carboxylic acids is 1. The Labute approximate surface area is 186 Å². The first-order valence-electron chi connectivity index (χ1n) is 9.73. The summed E-state index contributed by atoms with van der Waals surface area (Å²) in [7, 11) is 3.29. The standard InChI is InChI=1S/C24H25N3O3S/c1-16-17(11-14-21(25-16)27(5)23(28)30-24(2,3)4)9-7-8-10-22-26-19-13-12-18(29-6)15-20(19)31-22/h8,10-15H,1-6H3/b10-8+. The van der Waals surface area contributed by atoms with Gasteiger partial charge in [-0.15, -0.1) is 11.3 Å². The predicted octanol–water partition coefficient (Wildman–Crippen LogP) is 5.44. The third kappa shape index (κ3) is 5.83. The van der Waals surface area contributed by atoms with Crippen LogP contribution in [-0.2, 0) is 4.74 Å². The van der Waals surface area contributed by atoms with Gasteiger partial charge in [0.1, 0.15) is 22.2 Å². The summed E-state index contributed by atoms with van der Waals surface area (Å²) in [4.78, 5) is 22.7. The molecule has 0 atom stereocenters. The molecule has 0 saturated heterocycles. The monoisotopic (exact) mass is 435 g/mol. The van der Waals surface area contributed by atoms with Crippen LogP contribution in [-0.4, -0.2) is 35.8 Å². The van der Waals surface area contributed by atoms with Crippen LogP contribution in [0.4, 0.5) is 10.6 Å². The highest BCUT2D eigenvalue weighted by molar-refractivity contribution is 7.19.